The normalized spacial score (nSPS) is 15.5. The Bertz CT molecular complexity index is 868. The van der Waals surface area contributed by atoms with Crippen molar-refractivity contribution >= 4 is 22.5 Å². The van der Waals surface area contributed by atoms with E-state index in [0.29, 0.717) is 6.04 Å². The van der Waals surface area contributed by atoms with Gasteiger partial charge < -0.3 is 5.32 Å². The Balaban J connectivity index is 1.50. The van der Waals surface area contributed by atoms with E-state index in [9.17, 15) is 4.79 Å². The minimum absolute atomic E-state index is 0.0674. The fraction of sp³-hybridized carbons (Fsp3) is 0.294. The second kappa shape index (κ2) is 5.46. The molecule has 0 spiro atoms. The molecule has 1 unspecified atom stereocenters. The van der Waals surface area contributed by atoms with Gasteiger partial charge in [-0.3, -0.25) is 9.48 Å². The fourth-order valence-electron chi connectivity index (χ4n) is 2.57. The molecule has 1 atom stereocenters. The number of hydrogen-bond acceptors (Lipinski definition) is 4. The number of fused-ring (bicyclic) bond motifs is 1. The molecule has 23 heavy (non-hydrogen) atoms. The first kappa shape index (κ1) is 13.9. The maximum atomic E-state index is 12.5. The lowest BCUT2D eigenvalue weighted by atomic mass is 10.1. The van der Waals surface area contributed by atoms with Crippen molar-refractivity contribution in [2.45, 2.75) is 31.7 Å². The standard InChI is InChI=1S/C17H17N5O/c1-11(15-6-7-22(21-15)14-3-4-14)17(23)20-13-2-5-16-12(8-13)9-18-10-19-16/h2,5-11,14H,3-4H2,1H3,(H,20,23). The summed E-state index contributed by atoms with van der Waals surface area (Å²) >= 11 is 0. The topological polar surface area (TPSA) is 72.7 Å². The van der Waals surface area contributed by atoms with Crippen molar-refractivity contribution in [3.63, 3.8) is 0 Å². The molecule has 2 aromatic heterocycles. The van der Waals surface area contributed by atoms with Gasteiger partial charge in [-0.15, -0.1) is 0 Å². The van der Waals surface area contributed by atoms with Gasteiger partial charge in [-0.05, 0) is 44.0 Å². The second-order valence-electron chi connectivity index (χ2n) is 5.96. The first-order valence-electron chi connectivity index (χ1n) is 7.76. The Kier molecular flexibility index (Phi) is 3.29. The summed E-state index contributed by atoms with van der Waals surface area (Å²) in [6.07, 6.45) is 7.57. The number of nitrogens with one attached hydrogen (secondary N) is 1. The van der Waals surface area contributed by atoms with E-state index in [-0.39, 0.29) is 11.8 Å². The van der Waals surface area contributed by atoms with Crippen LogP contribution >= 0.6 is 0 Å². The summed E-state index contributed by atoms with van der Waals surface area (Å²) in [6, 6.07) is 8.06. The summed E-state index contributed by atoms with van der Waals surface area (Å²) in [4.78, 5) is 20.6. The van der Waals surface area contributed by atoms with Crippen molar-refractivity contribution < 1.29 is 4.79 Å². The third-order valence-corrected chi connectivity index (χ3v) is 4.16. The van der Waals surface area contributed by atoms with Gasteiger partial charge in [-0.2, -0.15) is 5.10 Å². The third kappa shape index (κ3) is 2.79. The maximum Gasteiger partial charge on any atom is 0.233 e. The van der Waals surface area contributed by atoms with Crippen molar-refractivity contribution in [1.82, 2.24) is 19.7 Å². The van der Waals surface area contributed by atoms with Gasteiger partial charge in [-0.25, -0.2) is 9.97 Å². The van der Waals surface area contributed by atoms with E-state index >= 15 is 0 Å². The highest BCUT2D eigenvalue weighted by atomic mass is 16.1. The van der Waals surface area contributed by atoms with E-state index in [2.05, 4.69) is 20.4 Å². The molecule has 6 heteroatoms. The van der Waals surface area contributed by atoms with Crippen LogP contribution in [0.25, 0.3) is 10.9 Å². The summed E-state index contributed by atoms with van der Waals surface area (Å²) in [5.74, 6) is -0.361. The van der Waals surface area contributed by atoms with E-state index in [4.69, 9.17) is 0 Å². The van der Waals surface area contributed by atoms with Crippen LogP contribution in [-0.4, -0.2) is 25.7 Å². The van der Waals surface area contributed by atoms with E-state index < -0.39 is 0 Å². The van der Waals surface area contributed by atoms with Gasteiger partial charge in [0.05, 0.1) is 23.2 Å². The SMILES string of the molecule is CC(C(=O)Nc1ccc2ncncc2c1)c1ccn(C2CC2)n1. The van der Waals surface area contributed by atoms with Gasteiger partial charge in [0.1, 0.15) is 6.33 Å². The quantitative estimate of drug-likeness (QED) is 0.804. The number of carbonyl (C=O) groups excluding carboxylic acids is 1. The Labute approximate surface area is 133 Å². The summed E-state index contributed by atoms with van der Waals surface area (Å²) in [6.45, 7) is 1.87. The first-order chi connectivity index (χ1) is 11.2. The number of aromatic nitrogens is 4. The van der Waals surface area contributed by atoms with Crippen LogP contribution in [0.1, 0.15) is 37.4 Å². The van der Waals surface area contributed by atoms with E-state index in [1.807, 2.05) is 42.1 Å². The van der Waals surface area contributed by atoms with Crippen LogP contribution < -0.4 is 5.32 Å². The molecule has 6 nitrogen and oxygen atoms in total. The van der Waals surface area contributed by atoms with Crippen molar-refractivity contribution in [3.8, 4) is 0 Å². The van der Waals surface area contributed by atoms with Crippen molar-refractivity contribution in [2.75, 3.05) is 5.32 Å². The van der Waals surface area contributed by atoms with Crippen LogP contribution in [0.3, 0.4) is 0 Å². The number of benzene rings is 1. The van der Waals surface area contributed by atoms with Gasteiger partial charge in [0.2, 0.25) is 5.91 Å². The minimum Gasteiger partial charge on any atom is -0.325 e. The second-order valence-corrected chi connectivity index (χ2v) is 5.96. The lowest BCUT2D eigenvalue weighted by molar-refractivity contribution is -0.117. The van der Waals surface area contributed by atoms with E-state index in [1.165, 1.54) is 19.2 Å². The van der Waals surface area contributed by atoms with Crippen LogP contribution in [0.2, 0.25) is 0 Å². The summed E-state index contributed by atoms with van der Waals surface area (Å²) in [7, 11) is 0. The molecule has 1 saturated carbocycles. The molecule has 1 amide bonds. The summed E-state index contributed by atoms with van der Waals surface area (Å²) in [5, 5.41) is 8.36. The molecule has 3 aromatic rings. The Hall–Kier alpha value is -2.76. The van der Waals surface area contributed by atoms with Gasteiger partial charge in [0, 0.05) is 23.5 Å². The number of nitrogens with zero attached hydrogens (tertiary/aromatic N) is 4. The van der Waals surface area contributed by atoms with Crippen molar-refractivity contribution in [3.05, 3.63) is 48.7 Å². The maximum absolute atomic E-state index is 12.5. The van der Waals surface area contributed by atoms with Crippen LogP contribution in [0.4, 0.5) is 5.69 Å². The monoisotopic (exact) mass is 307 g/mol. The Morgan fingerprint density at radius 2 is 2.22 bits per heavy atom. The first-order valence-corrected chi connectivity index (χ1v) is 7.76. The molecule has 0 bridgehead atoms. The molecular weight excluding hydrogens is 290 g/mol. The zero-order valence-electron chi connectivity index (χ0n) is 12.8. The number of rotatable bonds is 4. The number of amides is 1. The molecule has 0 saturated heterocycles. The van der Waals surface area contributed by atoms with Gasteiger partial charge in [-0.1, -0.05) is 0 Å². The summed E-state index contributed by atoms with van der Waals surface area (Å²) in [5.41, 5.74) is 2.40. The zero-order chi connectivity index (χ0) is 15.8. The molecule has 1 aromatic carbocycles. The molecule has 1 N–H and O–H groups in total. The van der Waals surface area contributed by atoms with Crippen LogP contribution in [0, 0.1) is 0 Å². The average Bonchev–Trinajstić information content (AvgIpc) is 3.31. The predicted octanol–water partition coefficient (Wildman–Crippen LogP) is 2.90. The molecule has 116 valence electrons. The van der Waals surface area contributed by atoms with Crippen LogP contribution in [0.15, 0.2) is 43.0 Å². The average molecular weight is 307 g/mol. The van der Waals surface area contributed by atoms with Crippen LogP contribution in [-0.2, 0) is 4.79 Å². The Morgan fingerprint density at radius 1 is 1.35 bits per heavy atom. The lowest BCUT2D eigenvalue weighted by Gasteiger charge is -2.10. The highest BCUT2D eigenvalue weighted by Gasteiger charge is 2.26. The molecule has 0 aliphatic heterocycles. The van der Waals surface area contributed by atoms with Gasteiger partial charge in [0.15, 0.2) is 0 Å². The molecule has 2 heterocycles. The van der Waals surface area contributed by atoms with Crippen LogP contribution in [0.5, 0.6) is 0 Å². The largest absolute Gasteiger partial charge is 0.325 e. The molecule has 1 aliphatic carbocycles. The lowest BCUT2D eigenvalue weighted by Crippen LogP contribution is -2.19. The molecule has 4 rings (SSSR count). The highest BCUT2D eigenvalue weighted by molar-refractivity contribution is 5.97. The smallest absolute Gasteiger partial charge is 0.233 e. The summed E-state index contributed by atoms with van der Waals surface area (Å²) < 4.78 is 1.96. The third-order valence-electron chi connectivity index (χ3n) is 4.16. The highest BCUT2D eigenvalue weighted by Crippen LogP contribution is 2.34. The number of hydrogen-bond donors (Lipinski definition) is 1. The van der Waals surface area contributed by atoms with Crippen molar-refractivity contribution in [1.29, 1.82) is 0 Å². The zero-order valence-corrected chi connectivity index (χ0v) is 12.8. The number of anilines is 1. The molecular formula is C17H17N5O. The number of carbonyl (C=O) groups is 1. The van der Waals surface area contributed by atoms with Crippen molar-refractivity contribution in [2.24, 2.45) is 0 Å². The minimum atomic E-state index is -0.294. The van der Waals surface area contributed by atoms with Gasteiger partial charge >= 0.3 is 0 Å². The Morgan fingerprint density at radius 3 is 3.04 bits per heavy atom. The fourth-order valence-corrected chi connectivity index (χ4v) is 2.57. The van der Waals surface area contributed by atoms with E-state index in [0.717, 1.165) is 22.3 Å². The van der Waals surface area contributed by atoms with E-state index in [1.54, 1.807) is 6.20 Å². The van der Waals surface area contributed by atoms with Gasteiger partial charge in [0.25, 0.3) is 0 Å². The predicted molar refractivity (Wildman–Crippen MR) is 87.1 cm³/mol. The molecule has 1 aliphatic rings. The molecule has 0 radical (unpaired) electrons. The molecule has 1 fully saturated rings.